The zero-order chi connectivity index (χ0) is 25.6. The molecule has 1 aliphatic rings. The molecule has 0 fully saturated rings. The summed E-state index contributed by atoms with van der Waals surface area (Å²) in [5, 5.41) is 10.9. The van der Waals surface area contributed by atoms with E-state index in [4.69, 9.17) is 9.15 Å². The molecule has 6 nitrogen and oxygen atoms in total. The molecule has 0 spiro atoms. The van der Waals surface area contributed by atoms with Crippen LogP contribution in [0.3, 0.4) is 0 Å². The number of esters is 1. The van der Waals surface area contributed by atoms with Gasteiger partial charge < -0.3 is 14.3 Å². The first-order valence-corrected chi connectivity index (χ1v) is 12.5. The van der Waals surface area contributed by atoms with Crippen molar-refractivity contribution in [1.82, 2.24) is 4.98 Å². The Morgan fingerprint density at radius 1 is 1.18 bits per heavy atom. The van der Waals surface area contributed by atoms with Gasteiger partial charge in [0, 0.05) is 19.3 Å². The van der Waals surface area contributed by atoms with E-state index in [0.717, 1.165) is 24.8 Å². The predicted molar refractivity (Wildman–Crippen MR) is 134 cm³/mol. The van der Waals surface area contributed by atoms with Gasteiger partial charge in [-0.15, -0.1) is 0 Å². The van der Waals surface area contributed by atoms with E-state index in [1.165, 1.54) is 0 Å². The molecule has 1 aromatic rings. The van der Waals surface area contributed by atoms with Crippen LogP contribution in [0.25, 0.3) is 6.08 Å². The lowest BCUT2D eigenvalue weighted by molar-refractivity contribution is -0.153. The van der Waals surface area contributed by atoms with E-state index in [9.17, 15) is 14.7 Å². The summed E-state index contributed by atoms with van der Waals surface area (Å²) < 4.78 is 11.3. The monoisotopic (exact) mass is 473 g/mol. The Morgan fingerprint density at radius 3 is 2.47 bits per heavy atom. The van der Waals surface area contributed by atoms with Crippen molar-refractivity contribution in [2.45, 2.75) is 99.7 Å². The van der Waals surface area contributed by atoms with Gasteiger partial charge in [0.1, 0.15) is 23.3 Å². The summed E-state index contributed by atoms with van der Waals surface area (Å²) in [7, 11) is 0. The SMILES string of the molecule is C/C(=C\c1nc(C)oc1C)C1C/C=C/CCCC(C)C(C)C(C)C(=O)C(C)(C)C(O)CC(=O)O1. The lowest BCUT2D eigenvalue weighted by Gasteiger charge is -2.35. The van der Waals surface area contributed by atoms with E-state index in [1.807, 2.05) is 26.8 Å². The van der Waals surface area contributed by atoms with Crippen LogP contribution in [0.4, 0.5) is 0 Å². The fraction of sp³-hybridized carbons (Fsp3) is 0.679. The molecule has 0 aromatic carbocycles. The summed E-state index contributed by atoms with van der Waals surface area (Å²) in [6.07, 6.45) is 7.77. The topological polar surface area (TPSA) is 89.6 Å². The number of aryl methyl sites for hydroxylation is 2. The number of aliphatic hydroxyl groups is 1. The van der Waals surface area contributed by atoms with Crippen LogP contribution in [0.5, 0.6) is 0 Å². The van der Waals surface area contributed by atoms with Gasteiger partial charge in [0.25, 0.3) is 0 Å². The summed E-state index contributed by atoms with van der Waals surface area (Å²) in [6.45, 7) is 15.3. The highest BCUT2D eigenvalue weighted by molar-refractivity contribution is 5.87. The van der Waals surface area contributed by atoms with Crippen LogP contribution in [-0.4, -0.2) is 34.1 Å². The lowest BCUT2D eigenvalue weighted by atomic mass is 9.70. The van der Waals surface area contributed by atoms with Gasteiger partial charge >= 0.3 is 5.97 Å². The molecule has 0 bridgehead atoms. The Bertz CT molecular complexity index is 910. The van der Waals surface area contributed by atoms with Crippen LogP contribution in [0.2, 0.25) is 0 Å². The van der Waals surface area contributed by atoms with Crippen molar-refractivity contribution in [1.29, 1.82) is 0 Å². The molecule has 0 saturated heterocycles. The summed E-state index contributed by atoms with van der Waals surface area (Å²) in [5.41, 5.74) is 0.515. The molecular weight excluding hydrogens is 430 g/mol. The Kier molecular flexibility index (Phi) is 9.86. The first-order valence-electron chi connectivity index (χ1n) is 12.5. The zero-order valence-corrected chi connectivity index (χ0v) is 22.2. The summed E-state index contributed by atoms with van der Waals surface area (Å²) >= 11 is 0. The molecule has 0 saturated carbocycles. The van der Waals surface area contributed by atoms with Crippen LogP contribution in [0.15, 0.2) is 22.1 Å². The van der Waals surface area contributed by atoms with Crippen molar-refractivity contribution >= 4 is 17.8 Å². The van der Waals surface area contributed by atoms with Crippen molar-refractivity contribution in [3.05, 3.63) is 35.1 Å². The van der Waals surface area contributed by atoms with Gasteiger partial charge in [-0.1, -0.05) is 53.2 Å². The number of cyclic esters (lactones) is 1. The number of aliphatic hydroxyl groups excluding tert-OH is 1. The van der Waals surface area contributed by atoms with Crippen LogP contribution < -0.4 is 0 Å². The molecule has 5 unspecified atom stereocenters. The number of rotatable bonds is 2. The van der Waals surface area contributed by atoms with Crippen molar-refractivity contribution < 1.29 is 23.8 Å². The Labute approximate surface area is 204 Å². The summed E-state index contributed by atoms with van der Waals surface area (Å²) in [5.74, 6) is 1.15. The minimum absolute atomic E-state index is 0.0105. The van der Waals surface area contributed by atoms with Crippen LogP contribution in [0, 0.1) is 37.0 Å². The fourth-order valence-electron chi connectivity index (χ4n) is 4.58. The second kappa shape index (κ2) is 12.0. The molecular formula is C28H43NO5. The quantitative estimate of drug-likeness (QED) is 0.419. The summed E-state index contributed by atoms with van der Waals surface area (Å²) in [6, 6.07) is 0. The number of hydrogen-bond acceptors (Lipinski definition) is 6. The average Bonchev–Trinajstić information content (AvgIpc) is 3.08. The normalized spacial score (nSPS) is 31.2. The van der Waals surface area contributed by atoms with Gasteiger partial charge in [-0.2, -0.15) is 0 Å². The number of carbonyl (C=O) groups excluding carboxylic acids is 2. The van der Waals surface area contributed by atoms with Crippen LogP contribution in [-0.2, 0) is 14.3 Å². The van der Waals surface area contributed by atoms with Crippen LogP contribution in [0.1, 0.15) is 91.0 Å². The maximum atomic E-state index is 13.3. The molecule has 5 atom stereocenters. The van der Waals surface area contributed by atoms with Gasteiger partial charge in [-0.05, 0) is 50.2 Å². The van der Waals surface area contributed by atoms with Crippen LogP contribution >= 0.6 is 0 Å². The smallest absolute Gasteiger partial charge is 0.309 e. The minimum Gasteiger partial charge on any atom is -0.457 e. The van der Waals surface area contributed by atoms with E-state index in [2.05, 4.69) is 31.0 Å². The Morgan fingerprint density at radius 2 is 1.85 bits per heavy atom. The second-order valence-corrected chi connectivity index (χ2v) is 10.6. The third-order valence-corrected chi connectivity index (χ3v) is 7.56. The van der Waals surface area contributed by atoms with Gasteiger partial charge in [0.2, 0.25) is 0 Å². The molecule has 2 heterocycles. The number of hydrogen-bond donors (Lipinski definition) is 1. The van der Waals surface area contributed by atoms with E-state index in [1.54, 1.807) is 20.8 Å². The number of carbonyl (C=O) groups is 2. The highest BCUT2D eigenvalue weighted by atomic mass is 16.5. The standard InChI is InChI=1S/C28H43NO5/c1-17-13-11-9-10-12-14-24(18(2)15-23-21(5)33-22(6)29-23)34-26(31)16-25(30)28(7,8)27(32)20(4)19(17)3/h10,12,15,17,19-20,24-25,30H,9,11,13-14,16H2,1-8H3/b12-10+,18-15+. The number of Topliss-reactive ketones (excluding diaryl/α,β-unsaturated/α-hetero) is 1. The summed E-state index contributed by atoms with van der Waals surface area (Å²) in [4.78, 5) is 30.5. The van der Waals surface area contributed by atoms with E-state index in [-0.39, 0.29) is 24.0 Å². The molecule has 1 aromatic heterocycles. The van der Waals surface area contributed by atoms with E-state index in [0.29, 0.717) is 29.7 Å². The van der Waals surface area contributed by atoms with Crippen molar-refractivity contribution in [2.75, 3.05) is 0 Å². The third-order valence-electron chi connectivity index (χ3n) is 7.56. The van der Waals surface area contributed by atoms with Gasteiger partial charge in [-0.25, -0.2) is 4.98 Å². The molecule has 0 radical (unpaired) electrons. The fourth-order valence-corrected chi connectivity index (χ4v) is 4.58. The highest BCUT2D eigenvalue weighted by Gasteiger charge is 2.41. The first-order chi connectivity index (χ1) is 15.8. The number of ether oxygens (including phenoxy) is 1. The number of nitrogens with zero attached hydrogens (tertiary/aromatic N) is 1. The largest absolute Gasteiger partial charge is 0.457 e. The molecule has 0 aliphatic carbocycles. The Hall–Kier alpha value is -2.21. The van der Waals surface area contributed by atoms with Crippen molar-refractivity contribution in [2.24, 2.45) is 23.2 Å². The number of oxazole rings is 1. The Balaban J connectivity index is 2.30. The molecule has 190 valence electrons. The molecule has 2 rings (SSSR count). The van der Waals surface area contributed by atoms with E-state index < -0.39 is 23.6 Å². The highest BCUT2D eigenvalue weighted by Crippen LogP contribution is 2.34. The van der Waals surface area contributed by atoms with E-state index >= 15 is 0 Å². The third kappa shape index (κ3) is 7.14. The predicted octanol–water partition coefficient (Wildman–Crippen LogP) is 5.99. The molecule has 0 amide bonds. The maximum absolute atomic E-state index is 13.3. The second-order valence-electron chi connectivity index (χ2n) is 10.6. The average molecular weight is 474 g/mol. The number of aromatic nitrogens is 1. The molecule has 6 heteroatoms. The zero-order valence-electron chi connectivity index (χ0n) is 22.2. The van der Waals surface area contributed by atoms with Gasteiger partial charge in [0.05, 0.1) is 17.9 Å². The lowest BCUT2D eigenvalue weighted by Crippen LogP contribution is -2.44. The molecule has 1 N–H and O–H groups in total. The molecule has 1 aliphatic heterocycles. The number of ketones is 1. The first kappa shape index (κ1) is 28.0. The van der Waals surface area contributed by atoms with Crippen molar-refractivity contribution in [3.63, 3.8) is 0 Å². The minimum atomic E-state index is -1.12. The number of allylic oxidation sites excluding steroid dienone is 1. The maximum Gasteiger partial charge on any atom is 0.309 e. The van der Waals surface area contributed by atoms with Gasteiger partial charge in [0.15, 0.2) is 5.89 Å². The van der Waals surface area contributed by atoms with Gasteiger partial charge in [-0.3, -0.25) is 9.59 Å². The molecule has 34 heavy (non-hydrogen) atoms. The van der Waals surface area contributed by atoms with Crippen molar-refractivity contribution in [3.8, 4) is 0 Å².